The van der Waals surface area contributed by atoms with Gasteiger partial charge in [-0.25, -0.2) is 4.79 Å². The van der Waals surface area contributed by atoms with E-state index in [0.717, 1.165) is 43.4 Å². The third kappa shape index (κ3) is 7.84. The van der Waals surface area contributed by atoms with Crippen molar-refractivity contribution in [3.63, 3.8) is 0 Å². The Labute approximate surface area is 232 Å². The fourth-order valence-corrected chi connectivity index (χ4v) is 4.71. The molecule has 0 aliphatic rings. The van der Waals surface area contributed by atoms with Gasteiger partial charge in [-0.05, 0) is 60.3 Å². The monoisotopic (exact) mass is 545 g/mol. The van der Waals surface area contributed by atoms with Gasteiger partial charge in [0.1, 0.15) is 11.5 Å². The topological polar surface area (TPSA) is 144 Å². The number of hydrogen-bond donors (Lipinski definition) is 6. The average molecular weight is 546 g/mol. The molecule has 210 valence electrons. The highest BCUT2D eigenvalue weighted by atomic mass is 16.5. The highest BCUT2D eigenvalue weighted by Gasteiger charge is 2.17. The van der Waals surface area contributed by atoms with E-state index in [1.165, 1.54) is 12.1 Å². The molecule has 4 rings (SSSR count). The third-order valence-corrected chi connectivity index (χ3v) is 6.71. The van der Waals surface area contributed by atoms with Gasteiger partial charge in [-0.3, -0.25) is 4.79 Å². The number of H-pyrrole nitrogens is 1. The van der Waals surface area contributed by atoms with Crippen LogP contribution in [0, 0.1) is 0 Å². The molecular formula is C31H35N3O6. The molecule has 2 atom stereocenters. The molecule has 0 aliphatic heterocycles. The summed E-state index contributed by atoms with van der Waals surface area (Å²) in [5.41, 5.74) is 2.33. The lowest BCUT2D eigenvalue weighted by atomic mass is 9.98. The minimum Gasteiger partial charge on any atom is -0.506 e. The third-order valence-electron chi connectivity index (χ3n) is 6.71. The van der Waals surface area contributed by atoms with Crippen LogP contribution < -0.4 is 20.9 Å². The van der Waals surface area contributed by atoms with Crippen LogP contribution in [-0.2, 0) is 0 Å². The first kappa shape index (κ1) is 28.7. The molecule has 0 bridgehead atoms. The first-order chi connectivity index (χ1) is 19.4. The van der Waals surface area contributed by atoms with E-state index < -0.39 is 18.2 Å². The van der Waals surface area contributed by atoms with Gasteiger partial charge in [-0.1, -0.05) is 61.4 Å². The zero-order valence-electron chi connectivity index (χ0n) is 22.2. The van der Waals surface area contributed by atoms with Crippen LogP contribution in [0.1, 0.15) is 54.5 Å². The maximum atomic E-state index is 11.6. The van der Waals surface area contributed by atoms with E-state index in [1.807, 2.05) is 54.6 Å². The number of nitrogens with one attached hydrogen (secondary N) is 3. The molecule has 1 amide bonds. The summed E-state index contributed by atoms with van der Waals surface area (Å²) < 4.78 is 5.93. The summed E-state index contributed by atoms with van der Waals surface area (Å²) in [6.45, 7) is 1.68. The van der Waals surface area contributed by atoms with E-state index in [2.05, 4.69) is 15.6 Å². The number of carboxylic acid groups (broad SMARTS) is 1. The predicted molar refractivity (Wildman–Crippen MR) is 154 cm³/mol. The average Bonchev–Trinajstić information content (AvgIpc) is 2.96. The van der Waals surface area contributed by atoms with E-state index >= 15 is 0 Å². The van der Waals surface area contributed by atoms with Gasteiger partial charge in [-0.2, -0.15) is 0 Å². The summed E-state index contributed by atoms with van der Waals surface area (Å²) in [6.07, 6.45) is 1.98. The van der Waals surface area contributed by atoms with Gasteiger partial charge >= 0.3 is 6.09 Å². The molecule has 0 radical (unpaired) electrons. The molecule has 2 unspecified atom stereocenters. The van der Waals surface area contributed by atoms with Crippen molar-refractivity contribution < 1.29 is 24.9 Å². The van der Waals surface area contributed by atoms with Gasteiger partial charge < -0.3 is 35.7 Å². The van der Waals surface area contributed by atoms with Gasteiger partial charge in [0.2, 0.25) is 5.56 Å². The number of amides is 1. The zero-order chi connectivity index (χ0) is 28.3. The van der Waals surface area contributed by atoms with Crippen LogP contribution in [0.5, 0.6) is 11.5 Å². The molecule has 3 aromatic carbocycles. The second-order valence-corrected chi connectivity index (χ2v) is 9.63. The second kappa shape index (κ2) is 14.2. The van der Waals surface area contributed by atoms with Gasteiger partial charge in [0, 0.05) is 18.0 Å². The first-order valence-electron chi connectivity index (χ1n) is 13.4. The Balaban J connectivity index is 1.16. The molecule has 0 aliphatic carbocycles. The standard InChI is InChI=1S/C31H35N3O6/c35-26-15-13-24(25-14-16-28(37)33-30(25)26)27(36)20-32-17-6-1-2-7-18-40-23-12-8-11-22(19-23)29(34-31(38)39)21-9-4-3-5-10-21/h3-5,8-16,19,27,29,32,34-36H,1-2,6-7,17-18,20H2,(H,33,37)(H,38,39). The number of benzene rings is 3. The number of aliphatic hydroxyl groups is 1. The van der Waals surface area contributed by atoms with Crippen LogP contribution >= 0.6 is 0 Å². The number of phenols is 1. The fourth-order valence-electron chi connectivity index (χ4n) is 4.71. The van der Waals surface area contributed by atoms with E-state index in [0.29, 0.717) is 35.4 Å². The predicted octanol–water partition coefficient (Wildman–Crippen LogP) is 4.85. The van der Waals surface area contributed by atoms with E-state index in [9.17, 15) is 24.9 Å². The SMILES string of the molecule is O=C(O)NC(c1ccccc1)c1cccc(OCCCCCCNCC(O)c2ccc(O)c3[nH]c(=O)ccc23)c1. The fraction of sp³-hybridized carbons (Fsp3) is 0.290. The summed E-state index contributed by atoms with van der Waals surface area (Å²) in [4.78, 5) is 25.6. The summed E-state index contributed by atoms with van der Waals surface area (Å²) in [7, 11) is 0. The minimum atomic E-state index is -1.09. The molecule has 9 heteroatoms. The van der Waals surface area contributed by atoms with E-state index in [4.69, 9.17) is 4.74 Å². The van der Waals surface area contributed by atoms with Gasteiger partial charge in [0.25, 0.3) is 0 Å². The van der Waals surface area contributed by atoms with Gasteiger partial charge in [0.15, 0.2) is 0 Å². The second-order valence-electron chi connectivity index (χ2n) is 9.63. The molecule has 9 nitrogen and oxygen atoms in total. The number of aromatic nitrogens is 1. The molecule has 6 N–H and O–H groups in total. The molecule has 0 saturated heterocycles. The van der Waals surface area contributed by atoms with Crippen molar-refractivity contribution in [1.29, 1.82) is 0 Å². The molecular weight excluding hydrogens is 510 g/mol. The number of unbranched alkanes of at least 4 members (excludes halogenated alkanes) is 3. The number of ether oxygens (including phenoxy) is 1. The number of aromatic hydroxyl groups is 1. The van der Waals surface area contributed by atoms with Crippen molar-refractivity contribution in [2.45, 2.75) is 37.8 Å². The Hall–Kier alpha value is -4.34. The van der Waals surface area contributed by atoms with E-state index in [1.54, 1.807) is 12.1 Å². The molecule has 0 fully saturated rings. The maximum Gasteiger partial charge on any atom is 0.405 e. The summed E-state index contributed by atoms with van der Waals surface area (Å²) in [5, 5.41) is 36.4. The lowest BCUT2D eigenvalue weighted by molar-refractivity contribution is 0.176. The van der Waals surface area contributed by atoms with Crippen molar-refractivity contribution in [1.82, 2.24) is 15.6 Å². The van der Waals surface area contributed by atoms with Crippen molar-refractivity contribution in [3.05, 3.63) is 106 Å². The largest absolute Gasteiger partial charge is 0.506 e. The Morgan fingerprint density at radius 1 is 0.900 bits per heavy atom. The number of aromatic amines is 1. The Morgan fingerprint density at radius 3 is 2.48 bits per heavy atom. The van der Waals surface area contributed by atoms with Gasteiger partial charge in [-0.15, -0.1) is 0 Å². The lowest BCUT2D eigenvalue weighted by Crippen LogP contribution is -2.27. The maximum absolute atomic E-state index is 11.6. The van der Waals surface area contributed by atoms with Crippen LogP contribution in [0.15, 0.2) is 83.7 Å². The minimum absolute atomic E-state index is 0.0279. The van der Waals surface area contributed by atoms with Crippen molar-refractivity contribution in [2.24, 2.45) is 0 Å². The molecule has 1 heterocycles. The molecule has 1 aromatic heterocycles. The Kier molecular flexibility index (Phi) is 10.1. The normalized spacial score (nSPS) is 12.6. The Morgan fingerprint density at radius 2 is 1.68 bits per heavy atom. The zero-order valence-corrected chi connectivity index (χ0v) is 22.2. The number of phenolic OH excluding ortho intramolecular Hbond substituents is 1. The first-order valence-corrected chi connectivity index (χ1v) is 13.4. The van der Waals surface area contributed by atoms with Crippen molar-refractivity contribution in [2.75, 3.05) is 19.7 Å². The molecule has 0 spiro atoms. The van der Waals surface area contributed by atoms with Crippen LogP contribution in [-0.4, -0.2) is 46.1 Å². The highest BCUT2D eigenvalue weighted by molar-refractivity contribution is 5.87. The number of carbonyl (C=O) groups is 1. The van der Waals surface area contributed by atoms with Crippen molar-refractivity contribution >= 4 is 17.0 Å². The van der Waals surface area contributed by atoms with Crippen molar-refractivity contribution in [3.8, 4) is 11.5 Å². The summed E-state index contributed by atoms with van der Waals surface area (Å²) in [5.74, 6) is 0.673. The molecule has 0 saturated carbocycles. The van der Waals surface area contributed by atoms with Gasteiger partial charge in [0.05, 0.1) is 24.3 Å². The van der Waals surface area contributed by atoms with Crippen LogP contribution in [0.25, 0.3) is 10.9 Å². The van der Waals surface area contributed by atoms with Crippen LogP contribution in [0.3, 0.4) is 0 Å². The highest BCUT2D eigenvalue weighted by Crippen LogP contribution is 2.28. The van der Waals surface area contributed by atoms with Crippen LogP contribution in [0.4, 0.5) is 4.79 Å². The smallest absolute Gasteiger partial charge is 0.405 e. The number of fused-ring (bicyclic) bond motifs is 1. The molecule has 4 aromatic rings. The Bertz CT molecular complexity index is 1460. The number of aliphatic hydroxyl groups excluding tert-OH is 1. The molecule has 40 heavy (non-hydrogen) atoms. The number of hydrogen-bond acceptors (Lipinski definition) is 6. The lowest BCUT2D eigenvalue weighted by Gasteiger charge is -2.19. The summed E-state index contributed by atoms with van der Waals surface area (Å²) in [6, 6.07) is 22.6. The quantitative estimate of drug-likeness (QED) is 0.124. The summed E-state index contributed by atoms with van der Waals surface area (Å²) >= 11 is 0. The number of rotatable bonds is 14. The van der Waals surface area contributed by atoms with E-state index in [-0.39, 0.29) is 11.3 Å². The van der Waals surface area contributed by atoms with Crippen LogP contribution in [0.2, 0.25) is 0 Å². The number of pyridine rings is 1.